The molecule has 0 fully saturated rings. The van der Waals surface area contributed by atoms with Crippen LogP contribution in [0, 0.1) is 6.92 Å². The molecule has 1 N–H and O–H groups in total. The molecule has 2 heterocycles. The molecular weight excluding hydrogens is 442 g/mol. The van der Waals surface area contributed by atoms with E-state index in [1.54, 1.807) is 6.92 Å². The quantitative estimate of drug-likeness (QED) is 0.504. The van der Waals surface area contributed by atoms with Crippen molar-refractivity contribution in [1.29, 1.82) is 0 Å². The second-order valence-corrected chi connectivity index (χ2v) is 9.19. The third-order valence-corrected chi connectivity index (χ3v) is 6.42. The molecule has 3 rings (SSSR count). The van der Waals surface area contributed by atoms with E-state index in [-0.39, 0.29) is 37.1 Å². The molecule has 32 heavy (non-hydrogen) atoms. The van der Waals surface area contributed by atoms with Gasteiger partial charge in [0.15, 0.2) is 0 Å². The molecule has 12 heteroatoms. The zero-order chi connectivity index (χ0) is 22.6. The molecule has 0 spiro atoms. The third-order valence-electron chi connectivity index (χ3n) is 4.59. The highest BCUT2D eigenvalue weighted by molar-refractivity contribution is 7.89. The van der Waals surface area contributed by atoms with Gasteiger partial charge in [-0.1, -0.05) is 37.3 Å². The fourth-order valence-corrected chi connectivity index (χ4v) is 3.55. The number of likely N-dealkylation sites (N-methyl/N-ethyl adjacent to an activating group) is 1. The Balaban J connectivity index is 0.00000363. The van der Waals surface area contributed by atoms with Crippen LogP contribution in [0.1, 0.15) is 43.8 Å². The highest BCUT2D eigenvalue weighted by Crippen LogP contribution is 2.24. The SMILES string of the molecule is C.CCS(=O)(=O)N(C)CC(Nc1ncc(-c2nnc(C(F)F)o2)cn1)c1ccc(C)cc1. The topological polar surface area (TPSA) is 114 Å². The molecule has 1 aromatic carbocycles. The average Bonchev–Trinajstić information content (AvgIpc) is 3.25. The first kappa shape index (κ1) is 25.3. The Morgan fingerprint density at radius 2 is 1.75 bits per heavy atom. The lowest BCUT2D eigenvalue weighted by molar-refractivity contribution is 0.116. The van der Waals surface area contributed by atoms with Crippen LogP contribution in [0.3, 0.4) is 0 Å². The van der Waals surface area contributed by atoms with Crippen LogP contribution >= 0.6 is 0 Å². The molecule has 0 aliphatic heterocycles. The minimum atomic E-state index is -3.39. The molecule has 0 aliphatic carbocycles. The standard InChI is InChI=1S/C19H22F2N6O3S.CH4/c1-4-31(28,29)27(3)11-15(13-7-5-12(2)6-8-13)24-19-22-9-14(10-23-19)17-25-26-18(30-17)16(20)21;/h5-10,15-16H,4,11H2,1-3H3,(H,22,23,24);1H4. The maximum atomic E-state index is 12.6. The van der Waals surface area contributed by atoms with Crippen LogP contribution in [-0.2, 0) is 10.0 Å². The molecule has 174 valence electrons. The molecule has 0 saturated carbocycles. The van der Waals surface area contributed by atoms with Gasteiger partial charge in [-0.2, -0.15) is 8.78 Å². The van der Waals surface area contributed by atoms with Crippen molar-refractivity contribution in [1.82, 2.24) is 24.5 Å². The predicted molar refractivity (Wildman–Crippen MR) is 117 cm³/mol. The molecule has 0 aliphatic rings. The van der Waals surface area contributed by atoms with Crippen molar-refractivity contribution in [2.24, 2.45) is 0 Å². The Morgan fingerprint density at radius 3 is 2.28 bits per heavy atom. The van der Waals surface area contributed by atoms with Crippen LogP contribution in [0.2, 0.25) is 0 Å². The Bertz CT molecular complexity index is 1110. The summed E-state index contributed by atoms with van der Waals surface area (Å²) in [7, 11) is -1.87. The van der Waals surface area contributed by atoms with Crippen molar-refractivity contribution < 1.29 is 21.6 Å². The van der Waals surface area contributed by atoms with Crippen molar-refractivity contribution in [3.63, 3.8) is 0 Å². The first-order valence-corrected chi connectivity index (χ1v) is 11.0. The number of alkyl halides is 2. The van der Waals surface area contributed by atoms with Gasteiger partial charge in [0.25, 0.3) is 11.8 Å². The molecule has 9 nitrogen and oxygen atoms in total. The van der Waals surface area contributed by atoms with Gasteiger partial charge >= 0.3 is 6.43 Å². The Labute approximate surface area is 186 Å². The summed E-state index contributed by atoms with van der Waals surface area (Å²) < 4.78 is 55.8. The largest absolute Gasteiger partial charge is 0.415 e. The number of rotatable bonds is 9. The molecular formula is C20H26F2N6O3S. The van der Waals surface area contributed by atoms with Gasteiger partial charge in [0.05, 0.1) is 17.4 Å². The van der Waals surface area contributed by atoms with Gasteiger partial charge in [-0.3, -0.25) is 0 Å². The summed E-state index contributed by atoms with van der Waals surface area (Å²) in [5.74, 6) is -0.687. The van der Waals surface area contributed by atoms with Gasteiger partial charge in [-0.25, -0.2) is 22.7 Å². The van der Waals surface area contributed by atoms with Gasteiger partial charge < -0.3 is 9.73 Å². The summed E-state index contributed by atoms with van der Waals surface area (Å²) in [5, 5.41) is 9.96. The molecule has 0 saturated heterocycles. The Kier molecular flexibility index (Phi) is 8.33. The van der Waals surface area contributed by atoms with Gasteiger partial charge in [-0.15, -0.1) is 10.2 Å². The highest BCUT2D eigenvalue weighted by atomic mass is 32.2. The Morgan fingerprint density at radius 1 is 1.12 bits per heavy atom. The zero-order valence-corrected chi connectivity index (χ0v) is 18.0. The van der Waals surface area contributed by atoms with Gasteiger partial charge in [0.2, 0.25) is 16.0 Å². The summed E-state index contributed by atoms with van der Waals surface area (Å²) in [4.78, 5) is 8.35. The van der Waals surface area contributed by atoms with Crippen LogP contribution in [-0.4, -0.2) is 52.2 Å². The summed E-state index contributed by atoms with van der Waals surface area (Å²) in [6.07, 6.45) is -0.150. The van der Waals surface area contributed by atoms with E-state index in [9.17, 15) is 17.2 Å². The third kappa shape index (κ3) is 6.04. The first-order chi connectivity index (χ1) is 14.7. The second kappa shape index (κ2) is 10.6. The maximum Gasteiger partial charge on any atom is 0.314 e. The number of anilines is 1. The van der Waals surface area contributed by atoms with E-state index in [0.29, 0.717) is 0 Å². The summed E-state index contributed by atoms with van der Waals surface area (Å²) in [6.45, 7) is 3.70. The smallest absolute Gasteiger partial charge is 0.314 e. The molecule has 0 amide bonds. The zero-order valence-electron chi connectivity index (χ0n) is 17.2. The van der Waals surface area contributed by atoms with Crippen LogP contribution in [0.15, 0.2) is 41.1 Å². The average molecular weight is 469 g/mol. The van der Waals surface area contributed by atoms with E-state index in [1.807, 2.05) is 31.2 Å². The van der Waals surface area contributed by atoms with Crippen LogP contribution in [0.5, 0.6) is 0 Å². The van der Waals surface area contributed by atoms with Crippen molar-refractivity contribution in [3.05, 3.63) is 53.7 Å². The number of hydrogen-bond acceptors (Lipinski definition) is 8. The fourth-order valence-electron chi connectivity index (χ4n) is 2.73. The fraction of sp³-hybridized carbons (Fsp3) is 0.400. The monoisotopic (exact) mass is 468 g/mol. The van der Waals surface area contributed by atoms with Crippen molar-refractivity contribution >= 4 is 16.0 Å². The number of sulfonamides is 1. The number of aromatic nitrogens is 4. The molecule has 1 atom stereocenters. The first-order valence-electron chi connectivity index (χ1n) is 9.40. The number of benzene rings is 1. The van der Waals surface area contributed by atoms with E-state index in [4.69, 9.17) is 4.42 Å². The van der Waals surface area contributed by atoms with Gasteiger partial charge in [0.1, 0.15) is 0 Å². The van der Waals surface area contributed by atoms with Crippen LogP contribution in [0.4, 0.5) is 14.7 Å². The van der Waals surface area contributed by atoms with Crippen molar-refractivity contribution in [2.45, 2.75) is 33.7 Å². The lowest BCUT2D eigenvalue weighted by Gasteiger charge is -2.25. The number of aryl methyl sites for hydroxylation is 1. The molecule has 0 radical (unpaired) electrons. The maximum absolute atomic E-state index is 12.6. The van der Waals surface area contributed by atoms with E-state index >= 15 is 0 Å². The minimum absolute atomic E-state index is 0. The minimum Gasteiger partial charge on any atom is -0.415 e. The predicted octanol–water partition coefficient (Wildman–Crippen LogP) is 3.84. The van der Waals surface area contributed by atoms with Crippen LogP contribution in [0.25, 0.3) is 11.5 Å². The number of nitrogens with zero attached hydrogens (tertiary/aromatic N) is 5. The normalized spacial score (nSPS) is 12.6. The molecule has 3 aromatic rings. The van der Waals surface area contributed by atoms with Crippen molar-refractivity contribution in [2.75, 3.05) is 24.7 Å². The van der Waals surface area contributed by atoms with E-state index in [2.05, 4.69) is 25.5 Å². The van der Waals surface area contributed by atoms with Crippen molar-refractivity contribution in [3.8, 4) is 11.5 Å². The molecule has 0 bridgehead atoms. The molecule has 2 aromatic heterocycles. The number of nitrogens with one attached hydrogen (secondary N) is 1. The van der Waals surface area contributed by atoms with E-state index < -0.39 is 28.4 Å². The highest BCUT2D eigenvalue weighted by Gasteiger charge is 2.22. The van der Waals surface area contributed by atoms with Gasteiger partial charge in [0, 0.05) is 26.0 Å². The van der Waals surface area contributed by atoms with Gasteiger partial charge in [-0.05, 0) is 19.4 Å². The summed E-state index contributed by atoms with van der Waals surface area (Å²) >= 11 is 0. The number of halogens is 2. The lowest BCUT2D eigenvalue weighted by Crippen LogP contribution is -2.34. The van der Waals surface area contributed by atoms with E-state index in [0.717, 1.165) is 11.1 Å². The number of hydrogen-bond donors (Lipinski definition) is 1. The van der Waals surface area contributed by atoms with E-state index in [1.165, 1.54) is 23.7 Å². The van der Waals surface area contributed by atoms with Crippen LogP contribution < -0.4 is 5.32 Å². The lowest BCUT2D eigenvalue weighted by atomic mass is 10.1. The summed E-state index contributed by atoms with van der Waals surface area (Å²) in [5.41, 5.74) is 2.21. The Hall–Kier alpha value is -2.99. The second-order valence-electron chi connectivity index (χ2n) is 6.83. The molecule has 1 unspecified atom stereocenters. The summed E-state index contributed by atoms with van der Waals surface area (Å²) in [6, 6.07) is 7.24.